The zero-order chi connectivity index (χ0) is 14.7. The molecule has 0 saturated heterocycles. The van der Waals surface area contributed by atoms with Crippen LogP contribution < -0.4 is 0 Å². The van der Waals surface area contributed by atoms with Gasteiger partial charge in [-0.3, -0.25) is 14.9 Å². The van der Waals surface area contributed by atoms with Crippen LogP contribution in [0.1, 0.15) is 43.0 Å². The van der Waals surface area contributed by atoms with E-state index in [1.54, 1.807) is 4.90 Å². The molecule has 6 heteroatoms. The van der Waals surface area contributed by atoms with Crippen molar-refractivity contribution in [3.05, 3.63) is 33.9 Å². The van der Waals surface area contributed by atoms with Crippen molar-refractivity contribution in [2.75, 3.05) is 6.54 Å². The molecule has 108 valence electrons. The Balaban J connectivity index is 2.27. The largest absolute Gasteiger partial charge is 0.502 e. The first-order valence-electron chi connectivity index (χ1n) is 6.83. The number of unbranched alkanes of at least 4 members (excludes halogenated alkanes) is 1. The highest BCUT2D eigenvalue weighted by Gasteiger charge is 2.34. The van der Waals surface area contributed by atoms with E-state index in [0.29, 0.717) is 6.54 Å². The number of rotatable bonds is 6. The predicted octanol–water partition coefficient (Wildman–Crippen LogP) is 2.71. The molecule has 1 aliphatic carbocycles. The maximum atomic E-state index is 12.5. The number of nitro benzene ring substituents is 1. The molecule has 1 saturated carbocycles. The van der Waals surface area contributed by atoms with Gasteiger partial charge in [-0.15, -0.1) is 0 Å². The van der Waals surface area contributed by atoms with Crippen molar-refractivity contribution in [2.24, 2.45) is 0 Å². The summed E-state index contributed by atoms with van der Waals surface area (Å²) in [5.74, 6) is -0.855. The molecule has 6 nitrogen and oxygen atoms in total. The van der Waals surface area contributed by atoms with E-state index in [4.69, 9.17) is 0 Å². The van der Waals surface area contributed by atoms with Crippen LogP contribution in [0.3, 0.4) is 0 Å². The van der Waals surface area contributed by atoms with E-state index in [1.807, 2.05) is 6.92 Å². The molecule has 0 heterocycles. The lowest BCUT2D eigenvalue weighted by molar-refractivity contribution is -0.385. The molecule has 0 radical (unpaired) electrons. The predicted molar refractivity (Wildman–Crippen MR) is 73.7 cm³/mol. The lowest BCUT2D eigenvalue weighted by Crippen LogP contribution is -2.34. The molecule has 1 aromatic carbocycles. The number of hydrogen-bond acceptors (Lipinski definition) is 4. The van der Waals surface area contributed by atoms with Crippen LogP contribution in [0.4, 0.5) is 5.69 Å². The summed E-state index contributed by atoms with van der Waals surface area (Å²) < 4.78 is 0. The van der Waals surface area contributed by atoms with E-state index in [1.165, 1.54) is 18.2 Å². The van der Waals surface area contributed by atoms with Crippen LogP contribution in [-0.2, 0) is 0 Å². The van der Waals surface area contributed by atoms with Gasteiger partial charge in [-0.2, -0.15) is 0 Å². The summed E-state index contributed by atoms with van der Waals surface area (Å²) in [6.07, 6.45) is 3.78. The number of aromatic hydroxyl groups is 1. The van der Waals surface area contributed by atoms with Gasteiger partial charge in [-0.1, -0.05) is 19.4 Å². The third-order valence-corrected chi connectivity index (χ3v) is 3.44. The summed E-state index contributed by atoms with van der Waals surface area (Å²) in [5, 5.41) is 20.7. The number of amides is 1. The number of para-hydroxylation sites is 1. The Morgan fingerprint density at radius 1 is 1.50 bits per heavy atom. The minimum absolute atomic E-state index is 0.0159. The number of carbonyl (C=O) groups is 1. The Kier molecular flexibility index (Phi) is 4.22. The zero-order valence-electron chi connectivity index (χ0n) is 11.4. The molecule has 1 aliphatic rings. The van der Waals surface area contributed by atoms with E-state index in [2.05, 4.69) is 0 Å². The van der Waals surface area contributed by atoms with Gasteiger partial charge < -0.3 is 10.0 Å². The Hall–Kier alpha value is -2.11. The average Bonchev–Trinajstić information content (AvgIpc) is 3.23. The summed E-state index contributed by atoms with van der Waals surface area (Å²) in [7, 11) is 0. The summed E-state index contributed by atoms with van der Waals surface area (Å²) in [5.41, 5.74) is -0.413. The summed E-state index contributed by atoms with van der Waals surface area (Å²) in [6.45, 7) is 2.67. The van der Waals surface area contributed by atoms with Crippen molar-refractivity contribution in [3.63, 3.8) is 0 Å². The van der Waals surface area contributed by atoms with Gasteiger partial charge in [0.2, 0.25) is 5.75 Å². The van der Waals surface area contributed by atoms with Crippen LogP contribution in [0.5, 0.6) is 5.75 Å². The SMILES string of the molecule is CCCCN(C(=O)c1cccc([N+](=O)[O-])c1O)C1CC1. The second-order valence-electron chi connectivity index (χ2n) is 5.01. The zero-order valence-corrected chi connectivity index (χ0v) is 11.4. The highest BCUT2D eigenvalue weighted by atomic mass is 16.6. The second kappa shape index (κ2) is 5.90. The maximum absolute atomic E-state index is 12.5. The third kappa shape index (κ3) is 2.89. The van der Waals surface area contributed by atoms with Crippen molar-refractivity contribution in [1.82, 2.24) is 4.90 Å². The van der Waals surface area contributed by atoms with Gasteiger partial charge in [0.25, 0.3) is 5.91 Å². The molecule has 2 rings (SSSR count). The normalized spacial score (nSPS) is 14.1. The number of phenols is 1. The standard InChI is InChI=1S/C14H18N2O4/c1-2-3-9-15(10-7-8-10)14(18)11-5-4-6-12(13(11)17)16(19)20/h4-6,10,17H,2-3,7-9H2,1H3. The Morgan fingerprint density at radius 3 is 2.75 bits per heavy atom. The molecule has 0 spiro atoms. The number of nitrogens with zero attached hydrogens (tertiary/aromatic N) is 2. The minimum Gasteiger partial charge on any atom is -0.502 e. The molecule has 0 bridgehead atoms. The third-order valence-electron chi connectivity index (χ3n) is 3.44. The minimum atomic E-state index is -0.681. The van der Waals surface area contributed by atoms with Crippen molar-refractivity contribution in [1.29, 1.82) is 0 Å². The van der Waals surface area contributed by atoms with Crippen molar-refractivity contribution < 1.29 is 14.8 Å². The van der Waals surface area contributed by atoms with Gasteiger partial charge in [0.15, 0.2) is 0 Å². The fraction of sp³-hybridized carbons (Fsp3) is 0.500. The highest BCUT2D eigenvalue weighted by molar-refractivity contribution is 5.98. The summed E-state index contributed by atoms with van der Waals surface area (Å²) in [6, 6.07) is 4.27. The number of carbonyl (C=O) groups excluding carboxylic acids is 1. The van der Waals surface area contributed by atoms with E-state index in [-0.39, 0.29) is 17.5 Å². The average molecular weight is 278 g/mol. The quantitative estimate of drug-likeness (QED) is 0.640. The van der Waals surface area contributed by atoms with E-state index in [0.717, 1.165) is 25.7 Å². The van der Waals surface area contributed by atoms with Gasteiger partial charge in [-0.25, -0.2) is 0 Å². The Labute approximate surface area is 117 Å². The van der Waals surface area contributed by atoms with Crippen LogP contribution >= 0.6 is 0 Å². The second-order valence-corrected chi connectivity index (χ2v) is 5.01. The first kappa shape index (κ1) is 14.3. The summed E-state index contributed by atoms with van der Waals surface area (Å²) >= 11 is 0. The van der Waals surface area contributed by atoms with Gasteiger partial charge in [0.05, 0.1) is 10.5 Å². The van der Waals surface area contributed by atoms with Gasteiger partial charge >= 0.3 is 5.69 Å². The van der Waals surface area contributed by atoms with Crippen LogP contribution in [0, 0.1) is 10.1 Å². The Bertz CT molecular complexity index is 526. The fourth-order valence-electron chi connectivity index (χ4n) is 2.17. The number of nitro groups is 1. The lowest BCUT2D eigenvalue weighted by Gasteiger charge is -2.22. The highest BCUT2D eigenvalue weighted by Crippen LogP contribution is 2.34. The van der Waals surface area contributed by atoms with Crippen molar-refractivity contribution in [3.8, 4) is 5.75 Å². The van der Waals surface area contributed by atoms with Gasteiger partial charge in [0.1, 0.15) is 0 Å². The molecule has 0 unspecified atom stereocenters. The molecular weight excluding hydrogens is 260 g/mol. The maximum Gasteiger partial charge on any atom is 0.311 e. The molecule has 0 aliphatic heterocycles. The first-order valence-corrected chi connectivity index (χ1v) is 6.83. The monoisotopic (exact) mass is 278 g/mol. The fourth-order valence-corrected chi connectivity index (χ4v) is 2.17. The number of hydrogen-bond donors (Lipinski definition) is 1. The molecule has 0 atom stereocenters. The van der Waals surface area contributed by atoms with Crippen LogP contribution in [0.25, 0.3) is 0 Å². The van der Waals surface area contributed by atoms with E-state index in [9.17, 15) is 20.0 Å². The van der Waals surface area contributed by atoms with Crippen LogP contribution in [0.15, 0.2) is 18.2 Å². The van der Waals surface area contributed by atoms with Crippen molar-refractivity contribution in [2.45, 2.75) is 38.6 Å². The van der Waals surface area contributed by atoms with Gasteiger partial charge in [0, 0.05) is 18.7 Å². The van der Waals surface area contributed by atoms with E-state index >= 15 is 0 Å². The smallest absolute Gasteiger partial charge is 0.311 e. The number of benzene rings is 1. The topological polar surface area (TPSA) is 83.7 Å². The molecular formula is C14H18N2O4. The van der Waals surface area contributed by atoms with E-state index < -0.39 is 16.4 Å². The molecule has 20 heavy (non-hydrogen) atoms. The Morgan fingerprint density at radius 2 is 2.20 bits per heavy atom. The van der Waals surface area contributed by atoms with Gasteiger partial charge in [-0.05, 0) is 25.3 Å². The van der Waals surface area contributed by atoms with Crippen LogP contribution in [0.2, 0.25) is 0 Å². The first-order chi connectivity index (χ1) is 9.56. The molecule has 1 aromatic rings. The summed E-state index contributed by atoms with van der Waals surface area (Å²) in [4.78, 5) is 24.3. The lowest BCUT2D eigenvalue weighted by atomic mass is 10.1. The van der Waals surface area contributed by atoms with Crippen molar-refractivity contribution >= 4 is 11.6 Å². The molecule has 0 aromatic heterocycles. The molecule has 1 amide bonds. The molecule has 1 N–H and O–H groups in total. The number of phenolic OH excluding ortho intramolecular Hbond substituents is 1. The van der Waals surface area contributed by atoms with Crippen LogP contribution in [-0.4, -0.2) is 33.4 Å². The molecule has 1 fully saturated rings.